The molecule has 1 aromatic rings. The largest absolute Gasteiger partial charge is 0.497 e. The number of nitrogens with two attached hydrogens (primary N) is 1. The molecule has 0 spiro atoms. The Morgan fingerprint density at radius 3 is 2.13 bits per heavy atom. The summed E-state index contributed by atoms with van der Waals surface area (Å²) >= 11 is 0. The van der Waals surface area contributed by atoms with Gasteiger partial charge in [-0.3, -0.25) is 0 Å². The van der Waals surface area contributed by atoms with E-state index in [1.807, 2.05) is 57.2 Å². The normalized spacial score (nSPS) is 18.4. The van der Waals surface area contributed by atoms with Crippen LogP contribution in [0.4, 0.5) is 4.79 Å². The molecule has 0 fully saturated rings. The van der Waals surface area contributed by atoms with E-state index >= 15 is 0 Å². The van der Waals surface area contributed by atoms with Crippen LogP contribution in [-0.4, -0.2) is 51.5 Å². The molecular weight excluding hydrogens is 582 g/mol. The zero-order valence-corrected chi connectivity index (χ0v) is 31.1. The second-order valence-electron chi connectivity index (χ2n) is 14.5. The predicted octanol–water partition coefficient (Wildman–Crippen LogP) is 8.69. The molecule has 0 aliphatic rings. The molecular formula is C37H63NO6Si. The Morgan fingerprint density at radius 2 is 1.62 bits per heavy atom. The molecule has 0 aliphatic carbocycles. The van der Waals surface area contributed by atoms with Crippen molar-refractivity contribution in [2.24, 2.45) is 35.3 Å². The minimum absolute atomic E-state index is 0.0262. The van der Waals surface area contributed by atoms with Crippen molar-refractivity contribution in [3.63, 3.8) is 0 Å². The summed E-state index contributed by atoms with van der Waals surface area (Å²) < 4.78 is 24.0. The van der Waals surface area contributed by atoms with Crippen LogP contribution in [0, 0.1) is 29.6 Å². The van der Waals surface area contributed by atoms with Crippen molar-refractivity contribution in [2.75, 3.05) is 13.7 Å². The number of amides is 1. The summed E-state index contributed by atoms with van der Waals surface area (Å²) in [7, 11) is -0.407. The fourth-order valence-corrected chi connectivity index (χ4v) is 7.06. The zero-order chi connectivity index (χ0) is 34.5. The Hall–Kier alpha value is -2.39. The number of primary amides is 1. The minimum Gasteiger partial charge on any atom is -0.497 e. The van der Waals surface area contributed by atoms with Crippen LogP contribution < -0.4 is 10.5 Å². The van der Waals surface area contributed by atoms with Crippen molar-refractivity contribution >= 4 is 14.4 Å². The van der Waals surface area contributed by atoms with Gasteiger partial charge >= 0.3 is 6.09 Å². The third-order valence-corrected chi connectivity index (χ3v) is 13.8. The highest BCUT2D eigenvalue weighted by Gasteiger charge is 2.41. The maximum Gasteiger partial charge on any atom is 0.404 e. The number of hydrogen-bond donors (Lipinski definition) is 2. The molecule has 0 saturated heterocycles. The van der Waals surface area contributed by atoms with Gasteiger partial charge in [0.2, 0.25) is 0 Å². The first-order chi connectivity index (χ1) is 20.8. The molecule has 0 radical (unpaired) electrons. The number of ether oxygens (including phenoxy) is 3. The second kappa shape index (κ2) is 18.7. The van der Waals surface area contributed by atoms with E-state index in [0.717, 1.165) is 11.3 Å². The lowest BCUT2D eigenvalue weighted by molar-refractivity contribution is -0.0266. The molecule has 0 aliphatic heterocycles. The fraction of sp³-hybridized carbons (Fsp3) is 0.649. The fourth-order valence-electron chi connectivity index (χ4n) is 5.58. The van der Waals surface area contributed by atoms with Crippen LogP contribution in [0.25, 0.3) is 0 Å². The monoisotopic (exact) mass is 645 g/mol. The van der Waals surface area contributed by atoms with E-state index in [2.05, 4.69) is 67.3 Å². The van der Waals surface area contributed by atoms with E-state index in [-0.39, 0.29) is 40.7 Å². The molecule has 1 rings (SSSR count). The van der Waals surface area contributed by atoms with Gasteiger partial charge in [-0.15, -0.1) is 0 Å². The van der Waals surface area contributed by atoms with Gasteiger partial charge in [0.1, 0.15) is 11.9 Å². The van der Waals surface area contributed by atoms with Gasteiger partial charge < -0.3 is 29.5 Å². The van der Waals surface area contributed by atoms with E-state index in [4.69, 9.17) is 24.4 Å². The number of benzene rings is 1. The number of allylic oxidation sites excluding steroid dienone is 3. The Bertz CT molecular complexity index is 1090. The highest BCUT2D eigenvalue weighted by Crippen LogP contribution is 2.39. The van der Waals surface area contributed by atoms with Gasteiger partial charge in [0, 0.05) is 17.8 Å². The number of rotatable bonds is 19. The molecule has 8 heteroatoms. The first-order valence-corrected chi connectivity index (χ1v) is 19.2. The van der Waals surface area contributed by atoms with Gasteiger partial charge in [-0.25, -0.2) is 4.79 Å². The minimum atomic E-state index is -2.07. The highest BCUT2D eigenvalue weighted by atomic mass is 28.4. The van der Waals surface area contributed by atoms with E-state index in [1.54, 1.807) is 13.2 Å². The average Bonchev–Trinajstić information content (AvgIpc) is 2.95. The third-order valence-electron chi connectivity index (χ3n) is 9.28. The maximum atomic E-state index is 11.7. The van der Waals surface area contributed by atoms with Gasteiger partial charge in [0.25, 0.3) is 0 Å². The third kappa shape index (κ3) is 13.5. The summed E-state index contributed by atoms with van der Waals surface area (Å²) in [6.45, 7) is 28.6. The SMILES string of the molecule is C=C/C=C\[C@H](C)[C@H](OC(N)=O)[C@@H](C)[C@H](O)[C@@H](C)C/C(C)=C\[C@H](C)[C@@H](O[Si](C)(C)C(C)(C)C)[C@@H](C)COCc1ccc(OC)cc1. The molecule has 0 aromatic heterocycles. The highest BCUT2D eigenvalue weighted by molar-refractivity contribution is 6.74. The molecule has 0 bridgehead atoms. The average molecular weight is 646 g/mol. The smallest absolute Gasteiger partial charge is 0.404 e. The van der Waals surface area contributed by atoms with Crippen LogP contribution in [0.15, 0.2) is 60.7 Å². The van der Waals surface area contributed by atoms with Crippen molar-refractivity contribution in [3.8, 4) is 5.75 Å². The Morgan fingerprint density at radius 1 is 1.02 bits per heavy atom. The number of aliphatic hydroxyl groups is 1. The van der Waals surface area contributed by atoms with Crippen LogP contribution in [0.1, 0.15) is 74.3 Å². The van der Waals surface area contributed by atoms with Gasteiger partial charge in [0.15, 0.2) is 8.32 Å². The topological polar surface area (TPSA) is 100 Å². The summed E-state index contributed by atoms with van der Waals surface area (Å²) in [6, 6.07) is 7.95. The Kier molecular flexibility index (Phi) is 16.9. The van der Waals surface area contributed by atoms with Crippen LogP contribution in [0.5, 0.6) is 5.75 Å². The predicted molar refractivity (Wildman–Crippen MR) is 189 cm³/mol. The van der Waals surface area contributed by atoms with Gasteiger partial charge in [0.05, 0.1) is 32.5 Å². The molecule has 8 atom stereocenters. The number of hydrogen-bond acceptors (Lipinski definition) is 6. The zero-order valence-electron chi connectivity index (χ0n) is 30.1. The van der Waals surface area contributed by atoms with Crippen LogP contribution in [0.2, 0.25) is 18.1 Å². The second-order valence-corrected chi connectivity index (χ2v) is 19.2. The first kappa shape index (κ1) is 40.6. The maximum absolute atomic E-state index is 11.7. The van der Waals surface area contributed by atoms with Crippen molar-refractivity contribution in [3.05, 3.63) is 66.3 Å². The van der Waals surface area contributed by atoms with Gasteiger partial charge in [-0.05, 0) is 61.0 Å². The summed E-state index contributed by atoms with van der Waals surface area (Å²) in [5.74, 6) is 0.608. The lowest BCUT2D eigenvalue weighted by Crippen LogP contribution is -2.47. The lowest BCUT2D eigenvalue weighted by Gasteiger charge is -2.42. The van der Waals surface area contributed by atoms with Crippen molar-refractivity contribution in [2.45, 2.75) is 112 Å². The Labute approximate surface area is 275 Å². The van der Waals surface area contributed by atoms with Crippen molar-refractivity contribution < 1.29 is 28.5 Å². The summed E-state index contributed by atoms with van der Waals surface area (Å²) in [5.41, 5.74) is 7.67. The van der Waals surface area contributed by atoms with Crippen molar-refractivity contribution in [1.82, 2.24) is 0 Å². The number of carbonyl (C=O) groups is 1. The van der Waals surface area contributed by atoms with Crippen LogP contribution >= 0.6 is 0 Å². The number of carbonyl (C=O) groups excluding carboxylic acids is 1. The number of methoxy groups -OCH3 is 1. The molecule has 45 heavy (non-hydrogen) atoms. The molecule has 0 unspecified atom stereocenters. The van der Waals surface area contributed by atoms with Gasteiger partial charge in [-0.1, -0.05) is 104 Å². The quantitative estimate of drug-likeness (QED) is 0.0887. The molecule has 0 heterocycles. The molecule has 7 nitrogen and oxygen atoms in total. The number of aliphatic hydroxyl groups excluding tert-OH is 1. The van der Waals surface area contributed by atoms with Crippen LogP contribution in [-0.2, 0) is 20.5 Å². The van der Waals surface area contributed by atoms with E-state index < -0.39 is 26.6 Å². The van der Waals surface area contributed by atoms with Crippen LogP contribution in [0.3, 0.4) is 0 Å². The summed E-state index contributed by atoms with van der Waals surface area (Å²) in [5, 5.41) is 11.4. The standard InChI is InChI=1S/C37H63NO6Si/c1-14-15-16-26(3)35(43-36(38)40)30(7)33(39)27(4)21-25(2)22-28(5)34(44-45(12,13)37(8,9)10)29(6)23-42-24-31-17-19-32(41-11)20-18-31/h14-20,22,26-30,33-35,39H,1,21,23-24H2,2-13H3,(H2,38,40)/b16-15-,25-22-/t26-,27-,28-,29-,30-,33+,34+,35-/m0/s1. The summed E-state index contributed by atoms with van der Waals surface area (Å²) in [4.78, 5) is 11.7. The first-order valence-electron chi connectivity index (χ1n) is 16.3. The van der Waals surface area contributed by atoms with E-state index in [1.165, 1.54) is 5.57 Å². The van der Waals surface area contributed by atoms with E-state index in [0.29, 0.717) is 19.6 Å². The lowest BCUT2D eigenvalue weighted by atomic mass is 9.81. The molecule has 1 amide bonds. The Balaban J connectivity index is 3.08. The molecule has 1 aromatic carbocycles. The molecule has 256 valence electrons. The molecule has 3 N–H and O–H groups in total. The van der Waals surface area contributed by atoms with Crippen molar-refractivity contribution in [1.29, 1.82) is 0 Å². The molecule has 0 saturated carbocycles. The van der Waals surface area contributed by atoms with E-state index in [9.17, 15) is 9.90 Å². The summed E-state index contributed by atoms with van der Waals surface area (Å²) in [6.07, 6.45) is 6.26. The van der Waals surface area contributed by atoms with Gasteiger partial charge in [-0.2, -0.15) is 0 Å².